The summed E-state index contributed by atoms with van der Waals surface area (Å²) in [5.74, 6) is 0.450. The van der Waals surface area contributed by atoms with Crippen LogP contribution in [-0.4, -0.2) is 21.3 Å². The maximum Gasteiger partial charge on any atom is 0.193 e. The summed E-state index contributed by atoms with van der Waals surface area (Å²) in [5, 5.41) is 4.09. The molecule has 0 unspecified atom stereocenters. The van der Waals surface area contributed by atoms with Gasteiger partial charge in [-0.2, -0.15) is 5.10 Å². The van der Waals surface area contributed by atoms with Crippen LogP contribution < -0.4 is 0 Å². The number of hydrogen-bond donors (Lipinski definition) is 0. The minimum atomic E-state index is 0.0475. The van der Waals surface area contributed by atoms with Crippen LogP contribution in [0.15, 0.2) is 45.9 Å². The molecule has 0 aliphatic heterocycles. The quantitative estimate of drug-likeness (QED) is 0.642. The molecule has 0 aliphatic carbocycles. The summed E-state index contributed by atoms with van der Waals surface area (Å²) in [4.78, 5) is 12.9. The maximum atomic E-state index is 11.8. The number of nitrogens with zero attached hydrogens (tertiary/aromatic N) is 2. The van der Waals surface area contributed by atoms with Crippen LogP contribution in [0.25, 0.3) is 0 Å². The van der Waals surface area contributed by atoms with Gasteiger partial charge in [0.2, 0.25) is 0 Å². The van der Waals surface area contributed by atoms with E-state index in [9.17, 15) is 4.79 Å². The van der Waals surface area contributed by atoms with Gasteiger partial charge in [-0.1, -0.05) is 12.1 Å². The average molecular weight is 311 g/mol. The molecular weight excluding hydrogens is 300 g/mol. The van der Waals surface area contributed by atoms with Crippen LogP contribution in [0.2, 0.25) is 0 Å². The topological polar surface area (TPSA) is 34.9 Å². The summed E-state index contributed by atoms with van der Waals surface area (Å²) in [6, 6.07) is 9.60. The molecule has 0 N–H and O–H groups in total. The van der Waals surface area contributed by atoms with Crippen molar-refractivity contribution in [1.29, 1.82) is 0 Å². The van der Waals surface area contributed by atoms with Crippen molar-refractivity contribution in [3.05, 3.63) is 46.7 Å². The molecule has 1 aromatic heterocycles. The van der Waals surface area contributed by atoms with E-state index in [0.717, 1.165) is 9.37 Å². The monoisotopic (exact) mass is 310 g/mol. The molecule has 0 radical (unpaired) electrons. The number of benzene rings is 1. The van der Waals surface area contributed by atoms with E-state index in [1.807, 2.05) is 24.3 Å². The summed E-state index contributed by atoms with van der Waals surface area (Å²) in [6.07, 6.45) is 1.77. The standard InChI is InChI=1S/C12H11BrN2OS/c1-15-7-6-10(14-15)11(16)8-17-12-5-3-2-4-9(12)13/h2-7H,8H2,1H3. The Bertz CT molecular complexity index is 539. The zero-order chi connectivity index (χ0) is 12.3. The summed E-state index contributed by atoms with van der Waals surface area (Å²) in [5.41, 5.74) is 0.520. The van der Waals surface area contributed by atoms with Crippen molar-refractivity contribution in [3.63, 3.8) is 0 Å². The Kier molecular flexibility index (Phi) is 4.02. The van der Waals surface area contributed by atoms with E-state index in [-0.39, 0.29) is 5.78 Å². The molecule has 0 fully saturated rings. The summed E-state index contributed by atoms with van der Waals surface area (Å²) in [6.45, 7) is 0. The Hall–Kier alpha value is -1.07. The van der Waals surface area contributed by atoms with Crippen LogP contribution in [0.3, 0.4) is 0 Å². The van der Waals surface area contributed by atoms with Crippen molar-refractivity contribution >= 4 is 33.5 Å². The average Bonchev–Trinajstić information content (AvgIpc) is 2.74. The lowest BCUT2D eigenvalue weighted by Crippen LogP contribution is -2.04. The minimum absolute atomic E-state index is 0.0475. The lowest BCUT2D eigenvalue weighted by atomic mass is 10.3. The predicted octanol–water partition coefficient (Wildman–Crippen LogP) is 3.16. The van der Waals surface area contributed by atoms with Crippen LogP contribution in [0.5, 0.6) is 0 Å². The highest BCUT2D eigenvalue weighted by Gasteiger charge is 2.10. The molecular formula is C12H11BrN2OS. The number of carbonyl (C=O) groups is 1. The smallest absolute Gasteiger partial charge is 0.193 e. The highest BCUT2D eigenvalue weighted by molar-refractivity contribution is 9.10. The van der Waals surface area contributed by atoms with E-state index >= 15 is 0 Å². The Morgan fingerprint density at radius 2 is 2.18 bits per heavy atom. The van der Waals surface area contributed by atoms with Crippen LogP contribution >= 0.6 is 27.7 Å². The molecule has 0 amide bonds. The molecule has 0 atom stereocenters. The summed E-state index contributed by atoms with van der Waals surface area (Å²) >= 11 is 4.97. The second-order valence-electron chi connectivity index (χ2n) is 3.52. The Morgan fingerprint density at radius 1 is 1.41 bits per heavy atom. The first-order valence-corrected chi connectivity index (χ1v) is 6.85. The van der Waals surface area contributed by atoms with E-state index in [2.05, 4.69) is 21.0 Å². The molecule has 0 aliphatic rings. The van der Waals surface area contributed by atoms with Gasteiger partial charge < -0.3 is 0 Å². The van der Waals surface area contributed by atoms with Crippen LogP contribution in [0, 0.1) is 0 Å². The number of Topliss-reactive ketones (excluding diaryl/α,β-unsaturated/α-hetero) is 1. The SMILES string of the molecule is Cn1ccc(C(=O)CSc2ccccc2Br)n1. The van der Waals surface area contributed by atoms with E-state index < -0.39 is 0 Å². The van der Waals surface area contributed by atoms with Crippen LogP contribution in [0.1, 0.15) is 10.5 Å². The lowest BCUT2D eigenvalue weighted by molar-refractivity contribution is 0.101. The van der Waals surface area contributed by atoms with Crippen molar-refractivity contribution in [1.82, 2.24) is 9.78 Å². The Balaban J connectivity index is 1.99. The highest BCUT2D eigenvalue weighted by Crippen LogP contribution is 2.27. The molecule has 0 saturated carbocycles. The molecule has 0 saturated heterocycles. The van der Waals surface area contributed by atoms with Gasteiger partial charge >= 0.3 is 0 Å². The summed E-state index contributed by atoms with van der Waals surface area (Å²) < 4.78 is 2.65. The molecule has 1 heterocycles. The first-order chi connectivity index (χ1) is 8.16. The fourth-order valence-corrected chi connectivity index (χ4v) is 2.79. The number of aryl methyl sites for hydroxylation is 1. The number of ketones is 1. The van der Waals surface area contributed by atoms with Crippen molar-refractivity contribution in [2.45, 2.75) is 4.90 Å². The molecule has 2 rings (SSSR count). The Labute approximate surface area is 112 Å². The summed E-state index contributed by atoms with van der Waals surface area (Å²) in [7, 11) is 1.80. The van der Waals surface area contributed by atoms with Crippen molar-refractivity contribution in [3.8, 4) is 0 Å². The minimum Gasteiger partial charge on any atom is -0.291 e. The normalized spacial score (nSPS) is 10.5. The second kappa shape index (κ2) is 5.51. The fraction of sp³-hybridized carbons (Fsp3) is 0.167. The van der Waals surface area contributed by atoms with Gasteiger partial charge in [0.05, 0.1) is 5.75 Å². The van der Waals surface area contributed by atoms with E-state index in [1.54, 1.807) is 24.0 Å². The van der Waals surface area contributed by atoms with E-state index in [0.29, 0.717) is 11.4 Å². The maximum absolute atomic E-state index is 11.8. The molecule has 5 heteroatoms. The van der Waals surface area contributed by atoms with E-state index in [4.69, 9.17) is 0 Å². The molecule has 1 aromatic carbocycles. The van der Waals surface area contributed by atoms with Crippen LogP contribution in [0.4, 0.5) is 0 Å². The van der Waals surface area contributed by atoms with Gasteiger partial charge in [-0.15, -0.1) is 11.8 Å². The molecule has 88 valence electrons. The first-order valence-electron chi connectivity index (χ1n) is 5.07. The third-order valence-electron chi connectivity index (χ3n) is 2.19. The van der Waals surface area contributed by atoms with Gasteiger partial charge in [0.15, 0.2) is 5.78 Å². The van der Waals surface area contributed by atoms with Gasteiger partial charge in [-0.3, -0.25) is 9.48 Å². The van der Waals surface area contributed by atoms with Gasteiger partial charge in [0.1, 0.15) is 5.69 Å². The van der Waals surface area contributed by atoms with Gasteiger partial charge in [-0.05, 0) is 34.1 Å². The Morgan fingerprint density at radius 3 is 2.82 bits per heavy atom. The second-order valence-corrected chi connectivity index (χ2v) is 5.39. The van der Waals surface area contributed by atoms with Gasteiger partial charge in [0, 0.05) is 22.6 Å². The first kappa shape index (κ1) is 12.4. The van der Waals surface area contributed by atoms with Gasteiger partial charge in [0.25, 0.3) is 0 Å². The fourth-order valence-electron chi connectivity index (χ4n) is 1.34. The molecule has 0 spiro atoms. The number of aromatic nitrogens is 2. The molecule has 3 nitrogen and oxygen atoms in total. The van der Waals surface area contributed by atoms with Crippen LogP contribution in [-0.2, 0) is 7.05 Å². The number of rotatable bonds is 4. The number of halogens is 1. The zero-order valence-corrected chi connectivity index (χ0v) is 11.7. The van der Waals surface area contributed by atoms with Gasteiger partial charge in [-0.25, -0.2) is 0 Å². The number of thioether (sulfide) groups is 1. The number of hydrogen-bond acceptors (Lipinski definition) is 3. The molecule has 17 heavy (non-hydrogen) atoms. The number of carbonyl (C=O) groups excluding carboxylic acids is 1. The lowest BCUT2D eigenvalue weighted by Gasteiger charge is -2.02. The molecule has 0 bridgehead atoms. The third-order valence-corrected chi connectivity index (χ3v) is 4.22. The van der Waals surface area contributed by atoms with Crippen molar-refractivity contribution in [2.75, 3.05) is 5.75 Å². The highest BCUT2D eigenvalue weighted by atomic mass is 79.9. The third kappa shape index (κ3) is 3.20. The van der Waals surface area contributed by atoms with Crippen molar-refractivity contribution in [2.24, 2.45) is 7.05 Å². The van der Waals surface area contributed by atoms with E-state index in [1.165, 1.54) is 11.8 Å². The predicted molar refractivity (Wildman–Crippen MR) is 72.4 cm³/mol. The zero-order valence-electron chi connectivity index (χ0n) is 9.26. The largest absolute Gasteiger partial charge is 0.291 e. The molecule has 2 aromatic rings. The van der Waals surface area contributed by atoms with Crippen molar-refractivity contribution < 1.29 is 4.79 Å².